The first kappa shape index (κ1) is 28.8. The zero-order valence-corrected chi connectivity index (χ0v) is 25.2. The maximum absolute atomic E-state index is 13.7. The second-order valence-electron chi connectivity index (χ2n) is 9.62. The summed E-state index contributed by atoms with van der Waals surface area (Å²) in [6, 6.07) is 18.4. The van der Waals surface area contributed by atoms with Gasteiger partial charge >= 0.3 is 6.09 Å². The Morgan fingerprint density at radius 3 is 2.53 bits per heavy atom. The van der Waals surface area contributed by atoms with Gasteiger partial charge < -0.3 is 15.0 Å². The number of carbonyl (C=O) groups excluding carboxylic acids is 2. The number of sulfonamides is 1. The molecule has 2 N–H and O–H groups in total. The summed E-state index contributed by atoms with van der Waals surface area (Å²) in [4.78, 5) is 33.5. The number of hydrogen-bond acceptors (Lipinski definition) is 8. The van der Waals surface area contributed by atoms with Crippen LogP contribution in [0, 0.1) is 5.82 Å². The van der Waals surface area contributed by atoms with Crippen LogP contribution < -0.4 is 10.0 Å². The lowest BCUT2D eigenvalue weighted by Gasteiger charge is -2.26. The number of anilines is 2. The van der Waals surface area contributed by atoms with Crippen molar-refractivity contribution in [2.45, 2.75) is 24.8 Å². The zero-order valence-electron chi connectivity index (χ0n) is 22.8. The SMILES string of the molecule is CCOC(=O)N1CCc2c(sc(NC(=O)c3ccccc3NS(=O)(=O)c3ccc(F)cc3)c2-c2nc3ccccc3s2)C1. The van der Waals surface area contributed by atoms with E-state index in [0.717, 1.165) is 55.5 Å². The number of aromatic nitrogens is 1. The number of benzene rings is 3. The Hall–Kier alpha value is -4.33. The highest BCUT2D eigenvalue weighted by Crippen LogP contribution is 2.46. The fraction of sp³-hybridized carbons (Fsp3) is 0.167. The van der Waals surface area contributed by atoms with Crippen LogP contribution >= 0.6 is 22.7 Å². The summed E-state index contributed by atoms with van der Waals surface area (Å²) >= 11 is 2.87. The van der Waals surface area contributed by atoms with E-state index in [2.05, 4.69) is 10.0 Å². The number of rotatable bonds is 7. The van der Waals surface area contributed by atoms with Crippen molar-refractivity contribution in [1.82, 2.24) is 9.88 Å². The summed E-state index contributed by atoms with van der Waals surface area (Å²) in [6.45, 7) is 2.83. The van der Waals surface area contributed by atoms with Crippen LogP contribution in [-0.4, -0.2) is 43.5 Å². The molecule has 0 atom stereocenters. The van der Waals surface area contributed by atoms with Gasteiger partial charge in [-0.15, -0.1) is 22.7 Å². The molecule has 9 nitrogen and oxygen atoms in total. The maximum Gasteiger partial charge on any atom is 0.410 e. The molecule has 1 aliphatic rings. The van der Waals surface area contributed by atoms with E-state index in [1.54, 1.807) is 24.0 Å². The van der Waals surface area contributed by atoms with Gasteiger partial charge in [-0.3, -0.25) is 9.52 Å². The normalized spacial score (nSPS) is 13.0. The van der Waals surface area contributed by atoms with Gasteiger partial charge in [0.2, 0.25) is 0 Å². The third-order valence-corrected chi connectivity index (χ3v) is 10.4. The van der Waals surface area contributed by atoms with Gasteiger partial charge in [-0.1, -0.05) is 24.3 Å². The molecule has 0 aliphatic carbocycles. The molecule has 0 radical (unpaired) electrons. The van der Waals surface area contributed by atoms with Crippen molar-refractivity contribution in [2.75, 3.05) is 23.2 Å². The van der Waals surface area contributed by atoms with Gasteiger partial charge in [0.1, 0.15) is 15.8 Å². The number of carbonyl (C=O) groups is 2. The van der Waals surface area contributed by atoms with Crippen LogP contribution in [0.5, 0.6) is 0 Å². The molecule has 0 bridgehead atoms. The lowest BCUT2D eigenvalue weighted by Crippen LogP contribution is -2.35. The Bertz CT molecular complexity index is 1920. The molecule has 5 aromatic rings. The molecular formula is C30H25FN4O5S3. The lowest BCUT2D eigenvalue weighted by atomic mass is 10.0. The minimum atomic E-state index is -4.10. The van der Waals surface area contributed by atoms with Crippen LogP contribution in [-0.2, 0) is 27.7 Å². The quantitative estimate of drug-likeness (QED) is 0.205. The Balaban J connectivity index is 1.35. The maximum atomic E-state index is 13.7. The number of nitrogens with one attached hydrogen (secondary N) is 2. The molecule has 220 valence electrons. The van der Waals surface area contributed by atoms with E-state index in [9.17, 15) is 22.4 Å². The largest absolute Gasteiger partial charge is 0.450 e. The van der Waals surface area contributed by atoms with Gasteiger partial charge in [0.05, 0.1) is 39.5 Å². The highest BCUT2D eigenvalue weighted by Gasteiger charge is 2.30. The van der Waals surface area contributed by atoms with Crippen molar-refractivity contribution in [3.05, 3.63) is 94.6 Å². The third-order valence-electron chi connectivity index (χ3n) is 6.86. The predicted octanol–water partition coefficient (Wildman–Crippen LogP) is 6.73. The molecule has 43 heavy (non-hydrogen) atoms. The fourth-order valence-corrected chi connectivity index (χ4v) is 8.27. The van der Waals surface area contributed by atoms with Crippen LogP contribution in [0.15, 0.2) is 77.7 Å². The third kappa shape index (κ3) is 5.83. The number of thiophene rings is 1. The fourth-order valence-electron chi connectivity index (χ4n) is 4.83. The monoisotopic (exact) mass is 636 g/mol. The molecule has 0 spiro atoms. The van der Waals surface area contributed by atoms with Crippen molar-refractivity contribution >= 4 is 65.6 Å². The van der Waals surface area contributed by atoms with E-state index in [1.165, 1.54) is 34.8 Å². The standard InChI is InChI=1S/C30H25FN4O5S3/c1-2-40-30(37)35-16-15-21-25(17-35)42-29(26(21)28-32-23-9-5-6-10-24(23)41-28)33-27(36)20-7-3-4-8-22(20)34-43(38,39)19-13-11-18(31)12-14-19/h3-14,34H,2,15-17H2,1H3,(H,33,36). The molecule has 0 saturated carbocycles. The summed E-state index contributed by atoms with van der Waals surface area (Å²) in [5.74, 6) is -1.09. The molecule has 0 fully saturated rings. The molecule has 0 unspecified atom stereocenters. The van der Waals surface area contributed by atoms with Crippen LogP contribution in [0.25, 0.3) is 20.8 Å². The van der Waals surface area contributed by atoms with Crippen molar-refractivity contribution in [3.63, 3.8) is 0 Å². The molecule has 2 aromatic heterocycles. The number of nitrogens with zero attached hydrogens (tertiary/aromatic N) is 2. The first-order valence-electron chi connectivity index (χ1n) is 13.3. The number of halogens is 1. The van der Waals surface area contributed by atoms with E-state index in [4.69, 9.17) is 9.72 Å². The first-order valence-corrected chi connectivity index (χ1v) is 16.5. The molecular weight excluding hydrogens is 612 g/mol. The molecule has 1 aliphatic heterocycles. The van der Waals surface area contributed by atoms with Crippen LogP contribution in [0.2, 0.25) is 0 Å². The number of thiazole rings is 1. The Morgan fingerprint density at radius 2 is 1.77 bits per heavy atom. The van der Waals surface area contributed by atoms with Gasteiger partial charge in [0.25, 0.3) is 15.9 Å². The number of fused-ring (bicyclic) bond motifs is 2. The average Bonchev–Trinajstić information content (AvgIpc) is 3.57. The minimum Gasteiger partial charge on any atom is -0.450 e. The van der Waals surface area contributed by atoms with Gasteiger partial charge in [0.15, 0.2) is 0 Å². The number of hydrogen-bond donors (Lipinski definition) is 2. The van der Waals surface area contributed by atoms with Crippen LogP contribution in [0.4, 0.5) is 19.9 Å². The lowest BCUT2D eigenvalue weighted by molar-refractivity contribution is 0.102. The molecule has 13 heteroatoms. The minimum absolute atomic E-state index is 0.0701. The molecule has 2 amide bonds. The Labute approximate surface area is 255 Å². The highest BCUT2D eigenvalue weighted by atomic mass is 32.2. The van der Waals surface area contributed by atoms with Crippen molar-refractivity contribution in [2.24, 2.45) is 0 Å². The van der Waals surface area contributed by atoms with Crippen molar-refractivity contribution < 1.29 is 27.1 Å². The van der Waals surface area contributed by atoms with E-state index in [0.29, 0.717) is 24.5 Å². The van der Waals surface area contributed by atoms with Gasteiger partial charge in [0, 0.05) is 17.0 Å². The van der Waals surface area contributed by atoms with Crippen LogP contribution in [0.3, 0.4) is 0 Å². The van der Waals surface area contributed by atoms with Crippen molar-refractivity contribution in [3.8, 4) is 10.6 Å². The Morgan fingerprint density at radius 1 is 1.02 bits per heavy atom. The highest BCUT2D eigenvalue weighted by molar-refractivity contribution is 7.92. The van der Waals surface area contributed by atoms with Crippen LogP contribution in [0.1, 0.15) is 27.7 Å². The van der Waals surface area contributed by atoms with Gasteiger partial charge in [-0.2, -0.15) is 0 Å². The summed E-state index contributed by atoms with van der Waals surface area (Å²) in [5, 5.41) is 4.29. The number of amides is 2. The molecule has 6 rings (SSSR count). The Kier molecular flexibility index (Phi) is 7.86. The summed E-state index contributed by atoms with van der Waals surface area (Å²) < 4.78 is 48.1. The zero-order chi connectivity index (χ0) is 30.1. The van der Waals surface area contributed by atoms with E-state index in [1.807, 2.05) is 24.3 Å². The smallest absolute Gasteiger partial charge is 0.410 e. The van der Waals surface area contributed by atoms with Gasteiger partial charge in [-0.25, -0.2) is 22.6 Å². The summed E-state index contributed by atoms with van der Waals surface area (Å²) in [7, 11) is -4.10. The topological polar surface area (TPSA) is 118 Å². The number of para-hydroxylation sites is 2. The van der Waals surface area contributed by atoms with E-state index < -0.39 is 27.8 Å². The first-order chi connectivity index (χ1) is 20.7. The number of ether oxygens (including phenoxy) is 1. The van der Waals surface area contributed by atoms with Crippen molar-refractivity contribution in [1.29, 1.82) is 0 Å². The van der Waals surface area contributed by atoms with E-state index in [-0.39, 0.29) is 22.8 Å². The average molecular weight is 637 g/mol. The van der Waals surface area contributed by atoms with Gasteiger partial charge in [-0.05, 0) is 67.4 Å². The summed E-state index contributed by atoms with van der Waals surface area (Å²) in [5.41, 5.74) is 2.81. The second-order valence-corrected chi connectivity index (χ2v) is 13.4. The summed E-state index contributed by atoms with van der Waals surface area (Å²) in [6.07, 6.45) is 0.163. The molecule has 0 saturated heterocycles. The second kappa shape index (κ2) is 11.7. The predicted molar refractivity (Wildman–Crippen MR) is 166 cm³/mol. The molecule has 3 heterocycles. The molecule has 3 aromatic carbocycles. The van der Waals surface area contributed by atoms with E-state index >= 15 is 0 Å².